The van der Waals surface area contributed by atoms with Gasteiger partial charge >= 0.3 is 0 Å². The highest BCUT2D eigenvalue weighted by molar-refractivity contribution is 5.54. The van der Waals surface area contributed by atoms with Crippen LogP contribution in [-0.4, -0.2) is 52.4 Å². The van der Waals surface area contributed by atoms with Crippen molar-refractivity contribution in [1.82, 2.24) is 10.2 Å². The van der Waals surface area contributed by atoms with Crippen LogP contribution in [0, 0.1) is 0 Å². The smallest absolute Gasteiger partial charge is 0.203 e. The number of piperazine rings is 1. The molecule has 0 spiro atoms. The molecule has 1 aromatic carbocycles. The second-order valence-corrected chi connectivity index (χ2v) is 5.92. The molecule has 5 nitrogen and oxygen atoms in total. The molecule has 0 saturated carbocycles. The Morgan fingerprint density at radius 2 is 1.70 bits per heavy atom. The van der Waals surface area contributed by atoms with E-state index < -0.39 is 0 Å². The van der Waals surface area contributed by atoms with Crippen molar-refractivity contribution in [2.45, 2.75) is 19.4 Å². The van der Waals surface area contributed by atoms with Crippen molar-refractivity contribution < 1.29 is 14.2 Å². The number of nitrogens with one attached hydrogen (secondary N) is 1. The first kappa shape index (κ1) is 17.6. The van der Waals surface area contributed by atoms with Gasteiger partial charge in [0.1, 0.15) is 0 Å². The Labute approximate surface area is 139 Å². The maximum absolute atomic E-state index is 5.50. The molecule has 1 saturated heterocycles. The second-order valence-electron chi connectivity index (χ2n) is 5.92. The Morgan fingerprint density at radius 1 is 1.13 bits per heavy atom. The third kappa shape index (κ3) is 4.18. The summed E-state index contributed by atoms with van der Waals surface area (Å²) < 4.78 is 16.4. The van der Waals surface area contributed by atoms with Gasteiger partial charge in [-0.2, -0.15) is 0 Å². The van der Waals surface area contributed by atoms with Crippen LogP contribution >= 0.6 is 0 Å². The Morgan fingerprint density at radius 3 is 2.13 bits per heavy atom. The number of hydrogen-bond donors (Lipinski definition) is 1. The molecule has 1 fully saturated rings. The number of rotatable bonds is 7. The highest BCUT2D eigenvalue weighted by atomic mass is 16.5. The molecule has 5 heteroatoms. The Bertz CT molecular complexity index is 514. The van der Waals surface area contributed by atoms with Crippen LogP contribution in [0.5, 0.6) is 17.2 Å². The summed E-state index contributed by atoms with van der Waals surface area (Å²) in [7, 11) is 4.93. The minimum Gasteiger partial charge on any atom is -0.493 e. The third-order valence-corrected chi connectivity index (χ3v) is 4.21. The summed E-state index contributed by atoms with van der Waals surface area (Å²) in [6.07, 6.45) is 0.915. The molecule has 1 atom stereocenters. The summed E-state index contributed by atoms with van der Waals surface area (Å²) in [5.74, 6) is 2.03. The van der Waals surface area contributed by atoms with Gasteiger partial charge in [0.15, 0.2) is 11.5 Å². The van der Waals surface area contributed by atoms with E-state index in [4.69, 9.17) is 14.2 Å². The third-order valence-electron chi connectivity index (χ3n) is 4.21. The number of methoxy groups -OCH3 is 3. The van der Waals surface area contributed by atoms with Crippen molar-refractivity contribution in [3.05, 3.63) is 29.8 Å². The van der Waals surface area contributed by atoms with Crippen LogP contribution in [0.3, 0.4) is 0 Å². The van der Waals surface area contributed by atoms with E-state index in [-0.39, 0.29) is 6.04 Å². The molecule has 128 valence electrons. The van der Waals surface area contributed by atoms with E-state index in [0.29, 0.717) is 17.2 Å². The molecule has 1 N–H and O–H groups in total. The topological polar surface area (TPSA) is 43.0 Å². The average molecular weight is 320 g/mol. The van der Waals surface area contributed by atoms with E-state index in [1.54, 1.807) is 21.3 Å². The number of hydrogen-bond acceptors (Lipinski definition) is 5. The number of ether oxygens (including phenoxy) is 3. The first-order valence-electron chi connectivity index (χ1n) is 7.99. The van der Waals surface area contributed by atoms with E-state index >= 15 is 0 Å². The van der Waals surface area contributed by atoms with Crippen LogP contribution in [0.15, 0.2) is 24.3 Å². The SMILES string of the molecule is C=C(C)C[C@@H](c1cc(OC)c(OC)c(OC)c1)N1CCNCC1. The predicted molar refractivity (Wildman–Crippen MR) is 92.7 cm³/mol. The zero-order chi connectivity index (χ0) is 16.8. The molecular weight excluding hydrogens is 292 g/mol. The summed E-state index contributed by atoms with van der Waals surface area (Å²) in [5, 5.41) is 3.40. The van der Waals surface area contributed by atoms with Gasteiger partial charge in [-0.1, -0.05) is 5.57 Å². The molecule has 0 bridgehead atoms. The van der Waals surface area contributed by atoms with Crippen molar-refractivity contribution in [1.29, 1.82) is 0 Å². The van der Waals surface area contributed by atoms with Crippen molar-refractivity contribution in [2.24, 2.45) is 0 Å². The van der Waals surface area contributed by atoms with Crippen molar-refractivity contribution in [2.75, 3.05) is 47.5 Å². The van der Waals surface area contributed by atoms with E-state index in [9.17, 15) is 0 Å². The van der Waals surface area contributed by atoms with Crippen molar-refractivity contribution >= 4 is 0 Å². The molecule has 0 aliphatic carbocycles. The van der Waals surface area contributed by atoms with Gasteiger partial charge in [0.05, 0.1) is 21.3 Å². The van der Waals surface area contributed by atoms with E-state index in [1.165, 1.54) is 11.1 Å². The fourth-order valence-corrected chi connectivity index (χ4v) is 3.08. The Hall–Kier alpha value is -1.72. The lowest BCUT2D eigenvalue weighted by atomic mass is 9.97. The van der Waals surface area contributed by atoms with Crippen molar-refractivity contribution in [3.8, 4) is 17.2 Å². The summed E-state index contributed by atoms with van der Waals surface area (Å²) in [6, 6.07) is 4.37. The lowest BCUT2D eigenvalue weighted by Gasteiger charge is -2.35. The summed E-state index contributed by atoms with van der Waals surface area (Å²) in [4.78, 5) is 2.49. The van der Waals surface area contributed by atoms with Crippen LogP contribution in [-0.2, 0) is 0 Å². The van der Waals surface area contributed by atoms with E-state index in [2.05, 4.69) is 35.9 Å². The minimum atomic E-state index is 0.267. The largest absolute Gasteiger partial charge is 0.493 e. The zero-order valence-corrected chi connectivity index (χ0v) is 14.6. The molecular formula is C18H28N2O3. The second kappa shape index (κ2) is 8.22. The van der Waals surface area contributed by atoms with Gasteiger partial charge in [-0.15, -0.1) is 6.58 Å². The number of nitrogens with zero attached hydrogens (tertiary/aromatic N) is 1. The van der Waals surface area contributed by atoms with Gasteiger partial charge in [0.25, 0.3) is 0 Å². The molecule has 0 unspecified atom stereocenters. The number of benzene rings is 1. The maximum atomic E-state index is 5.50. The average Bonchev–Trinajstić information content (AvgIpc) is 2.58. The summed E-state index contributed by atoms with van der Waals surface area (Å²) in [6.45, 7) is 10.2. The standard InChI is InChI=1S/C18H28N2O3/c1-13(2)10-15(20-8-6-19-7-9-20)14-11-16(21-3)18(23-5)17(12-14)22-4/h11-12,15,19H,1,6-10H2,2-5H3/t15-/m0/s1. The van der Waals surface area contributed by atoms with E-state index in [1.807, 2.05) is 0 Å². The summed E-state index contributed by atoms with van der Waals surface area (Å²) in [5.41, 5.74) is 2.34. The Kier molecular flexibility index (Phi) is 6.30. The van der Waals surface area contributed by atoms with Crippen molar-refractivity contribution in [3.63, 3.8) is 0 Å². The van der Waals surface area contributed by atoms with Gasteiger partial charge in [-0.05, 0) is 31.0 Å². The molecule has 1 aliphatic rings. The van der Waals surface area contributed by atoms with Crippen LogP contribution in [0.25, 0.3) is 0 Å². The molecule has 0 amide bonds. The molecule has 23 heavy (non-hydrogen) atoms. The van der Waals surface area contributed by atoms with Crippen LogP contribution in [0.2, 0.25) is 0 Å². The highest BCUT2D eigenvalue weighted by Gasteiger charge is 2.25. The first-order valence-corrected chi connectivity index (χ1v) is 7.99. The normalized spacial score (nSPS) is 16.7. The van der Waals surface area contributed by atoms with Crippen LogP contribution < -0.4 is 19.5 Å². The highest BCUT2D eigenvalue weighted by Crippen LogP contribution is 2.41. The molecule has 1 heterocycles. The van der Waals surface area contributed by atoms with Gasteiger partial charge in [-0.3, -0.25) is 4.90 Å². The van der Waals surface area contributed by atoms with Gasteiger partial charge in [-0.25, -0.2) is 0 Å². The fraction of sp³-hybridized carbons (Fsp3) is 0.556. The van der Waals surface area contributed by atoms with Gasteiger partial charge < -0.3 is 19.5 Å². The van der Waals surface area contributed by atoms with Gasteiger partial charge in [0, 0.05) is 32.2 Å². The monoisotopic (exact) mass is 320 g/mol. The lowest BCUT2D eigenvalue weighted by Crippen LogP contribution is -2.45. The quantitative estimate of drug-likeness (QED) is 0.782. The predicted octanol–water partition coefficient (Wildman–Crippen LogP) is 2.62. The van der Waals surface area contributed by atoms with Crippen LogP contribution in [0.4, 0.5) is 0 Å². The zero-order valence-electron chi connectivity index (χ0n) is 14.6. The maximum Gasteiger partial charge on any atom is 0.203 e. The molecule has 0 radical (unpaired) electrons. The molecule has 0 aromatic heterocycles. The van der Waals surface area contributed by atoms with E-state index in [0.717, 1.165) is 32.6 Å². The van der Waals surface area contributed by atoms with Crippen LogP contribution in [0.1, 0.15) is 24.9 Å². The summed E-state index contributed by atoms with van der Waals surface area (Å²) >= 11 is 0. The minimum absolute atomic E-state index is 0.267. The first-order chi connectivity index (χ1) is 11.1. The fourth-order valence-electron chi connectivity index (χ4n) is 3.08. The lowest BCUT2D eigenvalue weighted by molar-refractivity contribution is 0.171. The molecule has 2 rings (SSSR count). The Balaban J connectivity index is 2.42. The molecule has 1 aromatic rings. The van der Waals surface area contributed by atoms with Gasteiger partial charge in [0.2, 0.25) is 5.75 Å². The molecule has 1 aliphatic heterocycles.